The summed E-state index contributed by atoms with van der Waals surface area (Å²) in [6.45, 7) is 2.81. The predicted molar refractivity (Wildman–Crippen MR) is 43.9 cm³/mol. The van der Waals surface area contributed by atoms with Gasteiger partial charge < -0.3 is 9.84 Å². The number of ether oxygens (including phenoxy) is 1. The maximum Gasteiger partial charge on any atom is 0.0932 e. The number of alkyl halides is 1. The zero-order chi connectivity index (χ0) is 8.81. The Labute approximate surface area is 72.1 Å². The number of hydrogen-bond donors (Lipinski definition) is 1. The molecule has 1 rings (SSSR count). The highest BCUT2D eigenvalue weighted by molar-refractivity contribution is 4.70. The maximum atomic E-state index is 11.8. The Balaban J connectivity index is 2.16. The van der Waals surface area contributed by atoms with E-state index < -0.39 is 0 Å². The van der Waals surface area contributed by atoms with E-state index in [1.54, 1.807) is 0 Å². The lowest BCUT2D eigenvalue weighted by molar-refractivity contribution is -0.0530. The van der Waals surface area contributed by atoms with Crippen LogP contribution >= 0.6 is 0 Å². The van der Waals surface area contributed by atoms with E-state index in [0.29, 0.717) is 13.0 Å². The van der Waals surface area contributed by atoms with Crippen LogP contribution in [0, 0.1) is 0 Å². The SMILES string of the molecule is OCC1CN(CCCF)CCO1. The van der Waals surface area contributed by atoms with E-state index in [0.717, 1.165) is 19.6 Å². The summed E-state index contributed by atoms with van der Waals surface area (Å²) in [6, 6.07) is 0. The molecule has 0 saturated carbocycles. The lowest BCUT2D eigenvalue weighted by atomic mass is 10.2. The van der Waals surface area contributed by atoms with Crippen LogP contribution in [-0.2, 0) is 4.74 Å². The summed E-state index contributed by atoms with van der Waals surface area (Å²) in [5.41, 5.74) is 0. The topological polar surface area (TPSA) is 32.7 Å². The second kappa shape index (κ2) is 5.45. The van der Waals surface area contributed by atoms with E-state index in [1.807, 2.05) is 0 Å². The molecular weight excluding hydrogens is 161 g/mol. The molecule has 1 heterocycles. The molecule has 0 aromatic rings. The summed E-state index contributed by atoms with van der Waals surface area (Å²) < 4.78 is 17.1. The number of halogens is 1. The highest BCUT2D eigenvalue weighted by atomic mass is 19.1. The molecule has 1 aliphatic rings. The molecular formula is C8H16FNO2. The molecule has 0 bridgehead atoms. The molecule has 72 valence electrons. The predicted octanol–water partition coefficient (Wildman–Crippen LogP) is 0.0391. The largest absolute Gasteiger partial charge is 0.394 e. The number of aliphatic hydroxyl groups is 1. The molecule has 12 heavy (non-hydrogen) atoms. The van der Waals surface area contributed by atoms with Crippen molar-refractivity contribution in [1.82, 2.24) is 4.90 Å². The van der Waals surface area contributed by atoms with Crippen molar-refractivity contribution in [2.45, 2.75) is 12.5 Å². The Morgan fingerprint density at radius 1 is 1.58 bits per heavy atom. The minimum atomic E-state index is -0.263. The summed E-state index contributed by atoms with van der Waals surface area (Å²) in [4.78, 5) is 2.13. The molecule has 1 aliphatic heterocycles. The van der Waals surface area contributed by atoms with Gasteiger partial charge in [-0.1, -0.05) is 0 Å². The van der Waals surface area contributed by atoms with Gasteiger partial charge >= 0.3 is 0 Å². The Morgan fingerprint density at radius 2 is 2.42 bits per heavy atom. The van der Waals surface area contributed by atoms with Crippen LogP contribution in [0.5, 0.6) is 0 Å². The molecule has 0 aromatic heterocycles. The van der Waals surface area contributed by atoms with Crippen LogP contribution < -0.4 is 0 Å². The number of nitrogens with zero attached hydrogens (tertiary/aromatic N) is 1. The minimum absolute atomic E-state index is 0.0616. The summed E-state index contributed by atoms with van der Waals surface area (Å²) >= 11 is 0. The lowest BCUT2D eigenvalue weighted by Gasteiger charge is -2.31. The smallest absolute Gasteiger partial charge is 0.0932 e. The average Bonchev–Trinajstić information content (AvgIpc) is 2.15. The van der Waals surface area contributed by atoms with Crippen molar-refractivity contribution in [3.05, 3.63) is 0 Å². The van der Waals surface area contributed by atoms with Crippen LogP contribution in [-0.4, -0.2) is 55.6 Å². The molecule has 0 aliphatic carbocycles. The van der Waals surface area contributed by atoms with Crippen molar-refractivity contribution in [2.75, 3.05) is 39.5 Å². The zero-order valence-corrected chi connectivity index (χ0v) is 7.21. The second-order valence-corrected chi connectivity index (χ2v) is 3.02. The van der Waals surface area contributed by atoms with E-state index in [-0.39, 0.29) is 19.4 Å². The maximum absolute atomic E-state index is 11.8. The Bertz CT molecular complexity index is 124. The molecule has 0 aromatic carbocycles. The first-order valence-electron chi connectivity index (χ1n) is 4.37. The summed E-state index contributed by atoms with van der Waals surface area (Å²) in [6.07, 6.45) is 0.511. The van der Waals surface area contributed by atoms with Gasteiger partial charge in [0.15, 0.2) is 0 Å². The van der Waals surface area contributed by atoms with Gasteiger partial charge in [-0.2, -0.15) is 0 Å². The molecule has 1 atom stereocenters. The van der Waals surface area contributed by atoms with Gasteiger partial charge in [0, 0.05) is 19.6 Å². The first-order chi connectivity index (χ1) is 5.86. The van der Waals surface area contributed by atoms with Gasteiger partial charge in [0.25, 0.3) is 0 Å². The van der Waals surface area contributed by atoms with Crippen LogP contribution in [0.1, 0.15) is 6.42 Å². The second-order valence-electron chi connectivity index (χ2n) is 3.02. The van der Waals surface area contributed by atoms with Crippen LogP contribution in [0.4, 0.5) is 4.39 Å². The van der Waals surface area contributed by atoms with Crippen LogP contribution in [0.3, 0.4) is 0 Å². The Kier molecular flexibility index (Phi) is 4.50. The van der Waals surface area contributed by atoms with E-state index in [2.05, 4.69) is 4.90 Å². The standard InChI is InChI=1S/C8H16FNO2/c9-2-1-3-10-4-5-12-8(6-10)7-11/h8,11H,1-7H2. The van der Waals surface area contributed by atoms with Gasteiger partial charge in [0.05, 0.1) is 26.0 Å². The zero-order valence-electron chi connectivity index (χ0n) is 7.21. The van der Waals surface area contributed by atoms with Crippen LogP contribution in [0.25, 0.3) is 0 Å². The van der Waals surface area contributed by atoms with Gasteiger partial charge in [-0.15, -0.1) is 0 Å². The van der Waals surface area contributed by atoms with E-state index in [4.69, 9.17) is 9.84 Å². The summed E-state index contributed by atoms with van der Waals surface area (Å²) in [5.74, 6) is 0. The first kappa shape index (κ1) is 9.89. The number of morpholine rings is 1. The fraction of sp³-hybridized carbons (Fsp3) is 1.00. The molecule has 3 nitrogen and oxygen atoms in total. The third-order valence-corrected chi connectivity index (χ3v) is 2.03. The monoisotopic (exact) mass is 177 g/mol. The van der Waals surface area contributed by atoms with E-state index in [1.165, 1.54) is 0 Å². The Hall–Kier alpha value is -0.190. The van der Waals surface area contributed by atoms with Gasteiger partial charge in [-0.3, -0.25) is 9.29 Å². The number of aliphatic hydroxyl groups excluding tert-OH is 1. The van der Waals surface area contributed by atoms with Crippen molar-refractivity contribution in [1.29, 1.82) is 0 Å². The molecule has 1 fully saturated rings. The average molecular weight is 177 g/mol. The molecule has 1 saturated heterocycles. The lowest BCUT2D eigenvalue weighted by Crippen LogP contribution is -2.44. The van der Waals surface area contributed by atoms with Crippen LogP contribution in [0.2, 0.25) is 0 Å². The van der Waals surface area contributed by atoms with Crippen LogP contribution in [0.15, 0.2) is 0 Å². The first-order valence-corrected chi connectivity index (χ1v) is 4.37. The normalized spacial score (nSPS) is 26.0. The summed E-state index contributed by atoms with van der Waals surface area (Å²) in [5, 5.41) is 8.81. The van der Waals surface area contributed by atoms with Gasteiger partial charge in [0.1, 0.15) is 0 Å². The number of rotatable bonds is 4. The van der Waals surface area contributed by atoms with Crippen molar-refractivity contribution in [2.24, 2.45) is 0 Å². The highest BCUT2D eigenvalue weighted by Gasteiger charge is 2.18. The van der Waals surface area contributed by atoms with Crippen molar-refractivity contribution < 1.29 is 14.2 Å². The van der Waals surface area contributed by atoms with Gasteiger partial charge in [-0.25, -0.2) is 0 Å². The fourth-order valence-electron chi connectivity index (χ4n) is 1.38. The van der Waals surface area contributed by atoms with Crippen molar-refractivity contribution in [3.8, 4) is 0 Å². The van der Waals surface area contributed by atoms with Crippen molar-refractivity contribution >= 4 is 0 Å². The molecule has 0 amide bonds. The third-order valence-electron chi connectivity index (χ3n) is 2.03. The highest BCUT2D eigenvalue weighted by Crippen LogP contribution is 2.04. The molecule has 4 heteroatoms. The minimum Gasteiger partial charge on any atom is -0.394 e. The fourth-order valence-corrected chi connectivity index (χ4v) is 1.38. The van der Waals surface area contributed by atoms with Gasteiger partial charge in [0.2, 0.25) is 0 Å². The van der Waals surface area contributed by atoms with Crippen molar-refractivity contribution in [3.63, 3.8) is 0 Å². The Morgan fingerprint density at radius 3 is 3.08 bits per heavy atom. The van der Waals surface area contributed by atoms with E-state index >= 15 is 0 Å². The summed E-state index contributed by atoms with van der Waals surface area (Å²) in [7, 11) is 0. The molecule has 1 N–H and O–H groups in total. The molecule has 1 unspecified atom stereocenters. The van der Waals surface area contributed by atoms with Gasteiger partial charge in [-0.05, 0) is 6.42 Å². The molecule has 0 spiro atoms. The third kappa shape index (κ3) is 3.05. The number of hydrogen-bond acceptors (Lipinski definition) is 3. The molecule has 0 radical (unpaired) electrons. The van der Waals surface area contributed by atoms with E-state index in [9.17, 15) is 4.39 Å². The quantitative estimate of drug-likeness (QED) is 0.658.